The van der Waals surface area contributed by atoms with Crippen LogP contribution in [0.3, 0.4) is 0 Å². The molecule has 2 heterocycles. The third kappa shape index (κ3) is 3.22. The van der Waals surface area contributed by atoms with Crippen molar-refractivity contribution in [1.82, 2.24) is 9.97 Å². The molecule has 27 heavy (non-hydrogen) atoms. The van der Waals surface area contributed by atoms with Crippen molar-refractivity contribution in [3.8, 4) is 17.4 Å². The van der Waals surface area contributed by atoms with Gasteiger partial charge in [0, 0.05) is 11.6 Å². The van der Waals surface area contributed by atoms with E-state index >= 15 is 0 Å². The fraction of sp³-hybridized carbons (Fsp3) is 0. The normalized spacial score (nSPS) is 11.4. The number of carbonyl (C=O) groups is 1. The molecule has 2 aromatic carbocycles. The van der Waals surface area contributed by atoms with E-state index in [-0.39, 0.29) is 5.56 Å². The Morgan fingerprint density at radius 3 is 2.59 bits per heavy atom. The maximum atomic E-state index is 10.8. The zero-order valence-electron chi connectivity index (χ0n) is 14.0. The van der Waals surface area contributed by atoms with Crippen LogP contribution in [-0.4, -0.2) is 15.9 Å². The van der Waals surface area contributed by atoms with E-state index in [4.69, 9.17) is 4.42 Å². The number of allylic oxidation sites excluding steroid dienone is 1. The molecule has 0 radical (unpaired) electrons. The smallest absolute Gasteiger partial charge is 0.149 e. The van der Waals surface area contributed by atoms with Crippen LogP contribution < -0.4 is 5.11 Å². The lowest BCUT2D eigenvalue weighted by atomic mass is 10.1. The average molecular weight is 354 g/mol. The summed E-state index contributed by atoms with van der Waals surface area (Å²) < 4.78 is 5.77. The van der Waals surface area contributed by atoms with Crippen LogP contribution in [0.2, 0.25) is 0 Å². The monoisotopic (exact) mass is 354 g/mol. The maximum absolute atomic E-state index is 10.8. The predicted octanol–water partition coefficient (Wildman–Crippen LogP) is 3.25. The molecule has 0 spiro atoms. The molecule has 0 aliphatic heterocycles. The van der Waals surface area contributed by atoms with Crippen molar-refractivity contribution in [2.24, 2.45) is 0 Å². The van der Waals surface area contributed by atoms with Crippen LogP contribution in [0.1, 0.15) is 21.9 Å². The summed E-state index contributed by atoms with van der Waals surface area (Å²) in [5.74, 6) is 0.295. The van der Waals surface area contributed by atoms with Crippen molar-refractivity contribution in [3.63, 3.8) is 0 Å². The van der Waals surface area contributed by atoms with Crippen LogP contribution in [0, 0.1) is 11.3 Å². The van der Waals surface area contributed by atoms with Gasteiger partial charge < -0.3 is 19.3 Å². The minimum atomic E-state index is -1.23. The highest BCUT2D eigenvalue weighted by molar-refractivity contribution is 5.90. The first-order chi connectivity index (χ1) is 13.1. The van der Waals surface area contributed by atoms with Gasteiger partial charge in [0.15, 0.2) is 0 Å². The Morgan fingerprint density at radius 2 is 1.89 bits per heavy atom. The molecule has 0 bridgehead atoms. The van der Waals surface area contributed by atoms with Gasteiger partial charge in [-0.25, -0.2) is 4.98 Å². The number of hydrogen-bond donors (Lipinski definition) is 1. The number of furan rings is 1. The first-order valence-corrected chi connectivity index (χ1v) is 8.12. The second-order valence-corrected chi connectivity index (χ2v) is 5.84. The molecule has 0 unspecified atom stereocenters. The summed E-state index contributed by atoms with van der Waals surface area (Å²) in [5.41, 5.74) is 2.80. The molecule has 0 saturated carbocycles. The molecule has 4 aromatic rings. The number of fused-ring (bicyclic) bond motifs is 1. The van der Waals surface area contributed by atoms with Gasteiger partial charge in [0.1, 0.15) is 23.4 Å². The number of benzene rings is 2. The summed E-state index contributed by atoms with van der Waals surface area (Å²) >= 11 is 0. The minimum absolute atomic E-state index is 0.0991. The van der Waals surface area contributed by atoms with E-state index in [9.17, 15) is 15.2 Å². The number of hydrogen-bond acceptors (Lipinski definition) is 5. The zero-order valence-corrected chi connectivity index (χ0v) is 14.0. The van der Waals surface area contributed by atoms with Gasteiger partial charge in [0.05, 0.1) is 22.6 Å². The van der Waals surface area contributed by atoms with Crippen molar-refractivity contribution >= 4 is 28.7 Å². The fourth-order valence-electron chi connectivity index (χ4n) is 2.73. The number of para-hydroxylation sites is 2. The number of aromatic nitrogens is 2. The molecule has 0 amide bonds. The lowest BCUT2D eigenvalue weighted by Crippen LogP contribution is -2.21. The molecule has 0 saturated heterocycles. The summed E-state index contributed by atoms with van der Waals surface area (Å²) in [6.07, 6.45) is 1.61. The van der Waals surface area contributed by atoms with Gasteiger partial charge in [-0.05, 0) is 29.8 Å². The van der Waals surface area contributed by atoms with Crippen molar-refractivity contribution in [3.05, 3.63) is 77.8 Å². The number of nitrogens with one attached hydrogen (secondary N) is 1. The fourth-order valence-corrected chi connectivity index (χ4v) is 2.73. The second kappa shape index (κ2) is 6.65. The van der Waals surface area contributed by atoms with Gasteiger partial charge in [-0.3, -0.25) is 0 Å². The van der Waals surface area contributed by atoms with Crippen LogP contribution in [0.25, 0.3) is 34.0 Å². The van der Waals surface area contributed by atoms with Gasteiger partial charge in [-0.1, -0.05) is 36.4 Å². The first kappa shape index (κ1) is 16.4. The summed E-state index contributed by atoms with van der Waals surface area (Å²) in [7, 11) is 0. The standard InChI is InChI=1S/C21H13N3O3/c22-12-15(20-23-17-3-1-2-4-18(17)24-20)11-16-9-10-19(27-16)13-5-7-14(8-6-13)21(25)26/h1-11H,(H,23,24)(H,25,26)/p-1/b15-11+. The summed E-state index contributed by atoms with van der Waals surface area (Å²) in [5, 5.41) is 20.3. The molecule has 130 valence electrons. The van der Waals surface area contributed by atoms with Crippen molar-refractivity contribution in [1.29, 1.82) is 5.26 Å². The Morgan fingerprint density at radius 1 is 1.11 bits per heavy atom. The molecule has 0 atom stereocenters. The number of nitrogens with zero attached hydrogens (tertiary/aromatic N) is 2. The first-order valence-electron chi connectivity index (χ1n) is 8.12. The summed E-state index contributed by atoms with van der Waals surface area (Å²) in [6, 6.07) is 19.4. The van der Waals surface area contributed by atoms with Gasteiger partial charge in [-0.2, -0.15) is 5.26 Å². The Hall–Kier alpha value is -4.11. The molecular formula is C21H12N3O3-. The number of carbonyl (C=O) groups excluding carboxylic acids is 1. The third-order valence-electron chi connectivity index (χ3n) is 4.08. The zero-order chi connectivity index (χ0) is 18.8. The molecule has 4 rings (SSSR count). The van der Waals surface area contributed by atoms with Crippen LogP contribution in [0.4, 0.5) is 0 Å². The molecule has 6 heteroatoms. The highest BCUT2D eigenvalue weighted by Crippen LogP contribution is 2.25. The van der Waals surface area contributed by atoms with E-state index < -0.39 is 5.97 Å². The van der Waals surface area contributed by atoms with E-state index in [2.05, 4.69) is 16.0 Å². The van der Waals surface area contributed by atoms with E-state index in [1.165, 1.54) is 12.1 Å². The van der Waals surface area contributed by atoms with Gasteiger partial charge in [-0.15, -0.1) is 0 Å². The minimum Gasteiger partial charge on any atom is -0.545 e. The SMILES string of the molecule is N#C/C(=C\c1ccc(-c2ccc(C(=O)[O-])cc2)o1)c1nc2ccccc2[nH]1. The number of nitriles is 1. The molecule has 0 aliphatic carbocycles. The predicted molar refractivity (Wildman–Crippen MR) is 98.1 cm³/mol. The lowest BCUT2D eigenvalue weighted by Gasteiger charge is -2.02. The highest BCUT2D eigenvalue weighted by Gasteiger charge is 2.10. The molecule has 0 fully saturated rings. The van der Waals surface area contributed by atoms with E-state index in [0.29, 0.717) is 22.9 Å². The number of H-pyrrole nitrogens is 1. The third-order valence-corrected chi connectivity index (χ3v) is 4.08. The van der Waals surface area contributed by atoms with E-state index in [1.54, 1.807) is 30.3 Å². The van der Waals surface area contributed by atoms with Crippen molar-refractivity contribution in [2.75, 3.05) is 0 Å². The average Bonchev–Trinajstić information content (AvgIpc) is 3.33. The molecule has 0 aliphatic rings. The number of aromatic carboxylic acids is 1. The molecular weight excluding hydrogens is 342 g/mol. The summed E-state index contributed by atoms with van der Waals surface area (Å²) in [6.45, 7) is 0. The molecule has 2 aromatic heterocycles. The van der Waals surface area contributed by atoms with Crippen molar-refractivity contribution in [2.45, 2.75) is 0 Å². The van der Waals surface area contributed by atoms with Gasteiger partial charge in [0.25, 0.3) is 0 Å². The van der Waals surface area contributed by atoms with Crippen molar-refractivity contribution < 1.29 is 14.3 Å². The number of imidazole rings is 1. The Bertz CT molecular complexity index is 1170. The van der Waals surface area contributed by atoms with Crippen LogP contribution >= 0.6 is 0 Å². The Labute approximate surface area is 154 Å². The topological polar surface area (TPSA) is 106 Å². The van der Waals surface area contributed by atoms with E-state index in [0.717, 1.165) is 16.6 Å². The van der Waals surface area contributed by atoms with E-state index in [1.807, 2.05) is 24.3 Å². The Balaban J connectivity index is 1.65. The van der Waals surface area contributed by atoms with Gasteiger partial charge >= 0.3 is 0 Å². The number of aromatic amines is 1. The number of rotatable bonds is 4. The Kier molecular flexibility index (Phi) is 4.03. The number of carboxylic acids is 1. The lowest BCUT2D eigenvalue weighted by molar-refractivity contribution is -0.255. The van der Waals surface area contributed by atoms with Crippen LogP contribution in [-0.2, 0) is 0 Å². The largest absolute Gasteiger partial charge is 0.545 e. The molecule has 6 nitrogen and oxygen atoms in total. The number of carboxylic acid groups (broad SMARTS) is 1. The highest BCUT2D eigenvalue weighted by atomic mass is 16.4. The molecule has 1 N–H and O–H groups in total. The van der Waals surface area contributed by atoms with Crippen LogP contribution in [0.15, 0.2) is 65.1 Å². The second-order valence-electron chi connectivity index (χ2n) is 5.84. The van der Waals surface area contributed by atoms with Crippen LogP contribution in [0.5, 0.6) is 0 Å². The summed E-state index contributed by atoms with van der Waals surface area (Å²) in [4.78, 5) is 18.4. The maximum Gasteiger partial charge on any atom is 0.149 e. The van der Waals surface area contributed by atoms with Gasteiger partial charge in [0.2, 0.25) is 0 Å². The quantitative estimate of drug-likeness (QED) is 0.566.